The summed E-state index contributed by atoms with van der Waals surface area (Å²) in [7, 11) is -2.57. The Hall–Kier alpha value is -4.79. The van der Waals surface area contributed by atoms with Gasteiger partial charge in [0.05, 0.1) is 13.7 Å². The quantitative estimate of drug-likeness (QED) is 0.0163. The average Bonchev–Trinajstić information content (AvgIpc) is 3.26. The average molecular weight is 1060 g/mol. The fraction of sp³-hybridized carbons (Fsp3) is 0.581. The number of alkyl halides is 17. The number of carbonyl (C=O) groups is 2. The molecule has 0 aliphatic heterocycles. The fourth-order valence-corrected chi connectivity index (χ4v) is 11.5. The number of anilines is 1. The zero-order valence-corrected chi connectivity index (χ0v) is 39.2. The minimum absolute atomic E-state index is 0.129. The van der Waals surface area contributed by atoms with Crippen molar-refractivity contribution < 1.29 is 108 Å². The lowest BCUT2D eigenvalue weighted by Gasteiger charge is -2.44. The van der Waals surface area contributed by atoms with Gasteiger partial charge >= 0.3 is 53.7 Å². The standard InChI is InChI=1S/C43H51F17N2O7Si/c1-25(2)70(26(3)4,23-20-36(44,45)37(46,47)38(48,49)39(50,51)40(52,53)41(54,55)42(56,57)43(58,59)60)68-22-21-67-32-16-12-29(13-17-32)34(28(6)11-9-8-10-27(5)24-33(63)62-65)69-35(64)61-30-14-18-31(66-7)19-15-30/h8,10,12-19,24-26,28,34,65H,9,11,20-23H2,1-7H3,(H,61,64)(H,62,63)/b10-8+,27-24+/t28-,34+/m1/s1. The molecule has 2 amide bonds. The molecule has 2 aromatic carbocycles. The van der Waals surface area contributed by atoms with E-state index in [0.29, 0.717) is 35.4 Å². The van der Waals surface area contributed by atoms with Gasteiger partial charge in [0.15, 0.2) is 8.32 Å². The van der Waals surface area contributed by atoms with Gasteiger partial charge in [0.1, 0.15) is 24.2 Å². The number of nitrogens with one attached hydrogen (secondary N) is 2. The molecule has 0 aliphatic rings. The zero-order chi connectivity index (χ0) is 54.1. The van der Waals surface area contributed by atoms with Crippen LogP contribution in [0.15, 0.2) is 72.3 Å². The fourth-order valence-electron chi connectivity index (χ4n) is 7.02. The number of hydrogen-bond donors (Lipinski definition) is 3. The highest BCUT2D eigenvalue weighted by Gasteiger charge is 2.95. The van der Waals surface area contributed by atoms with E-state index < -0.39 is 111 Å². The SMILES string of the molecule is COc1ccc(NC(=O)O[C@H](c2ccc(OCCO[Si](CCC(F)(F)C(F)(F)C(F)(F)C(F)(F)C(F)(F)C(F)(F)C(F)(F)C(F)(F)F)(C(C)C)C(C)C)cc2)[C@H](C)CC/C=C/C(C)=C/C(=O)NO)cc1. The van der Waals surface area contributed by atoms with Crippen molar-refractivity contribution in [2.24, 2.45) is 5.92 Å². The first-order valence-corrected chi connectivity index (χ1v) is 23.1. The minimum atomic E-state index is -8.71. The van der Waals surface area contributed by atoms with Crippen molar-refractivity contribution in [1.82, 2.24) is 5.48 Å². The Bertz CT molecular complexity index is 2080. The number of allylic oxidation sites excluding steroid dienone is 3. The number of hydroxylamine groups is 1. The number of rotatable bonds is 26. The summed E-state index contributed by atoms with van der Waals surface area (Å²) in [5.41, 5.74) is 1.04. The monoisotopic (exact) mass is 1060 g/mol. The zero-order valence-electron chi connectivity index (χ0n) is 38.2. The van der Waals surface area contributed by atoms with Crippen LogP contribution < -0.4 is 20.3 Å². The van der Waals surface area contributed by atoms with E-state index in [9.17, 15) is 75.4 Å². The van der Waals surface area contributed by atoms with Gasteiger partial charge < -0.3 is 18.6 Å². The second-order valence-electron chi connectivity index (χ2n) is 16.7. The molecule has 398 valence electrons. The molecule has 0 aliphatic carbocycles. The summed E-state index contributed by atoms with van der Waals surface area (Å²) in [6, 6.07) is 10.9. The van der Waals surface area contributed by atoms with Crippen LogP contribution in [0.3, 0.4) is 0 Å². The smallest absolute Gasteiger partial charge is 0.460 e. The lowest BCUT2D eigenvalue weighted by atomic mass is 9.88. The van der Waals surface area contributed by atoms with E-state index in [2.05, 4.69) is 5.32 Å². The number of halogens is 17. The van der Waals surface area contributed by atoms with Crippen LogP contribution in [0.25, 0.3) is 0 Å². The molecule has 0 saturated heterocycles. The van der Waals surface area contributed by atoms with Crippen LogP contribution in [0.5, 0.6) is 11.5 Å². The molecule has 0 radical (unpaired) electrons. The predicted molar refractivity (Wildman–Crippen MR) is 221 cm³/mol. The van der Waals surface area contributed by atoms with Crippen LogP contribution in [0, 0.1) is 5.92 Å². The number of methoxy groups -OCH3 is 1. The van der Waals surface area contributed by atoms with Crippen LogP contribution >= 0.6 is 0 Å². The van der Waals surface area contributed by atoms with Gasteiger partial charge in [-0.3, -0.25) is 15.3 Å². The molecule has 2 rings (SSSR count). The highest BCUT2D eigenvalue weighted by Crippen LogP contribution is 2.64. The molecule has 0 aromatic heterocycles. The van der Waals surface area contributed by atoms with Crippen LogP contribution in [-0.4, -0.2) is 93.5 Å². The van der Waals surface area contributed by atoms with Crippen molar-refractivity contribution >= 4 is 26.0 Å². The van der Waals surface area contributed by atoms with Gasteiger partial charge in [0.2, 0.25) is 0 Å². The highest BCUT2D eigenvalue weighted by atomic mass is 28.4. The van der Waals surface area contributed by atoms with Crippen molar-refractivity contribution in [3.8, 4) is 11.5 Å². The normalized spacial score (nSPS) is 15.0. The van der Waals surface area contributed by atoms with E-state index in [1.54, 1.807) is 50.3 Å². The molecule has 27 heteroatoms. The molecule has 0 fully saturated rings. The van der Waals surface area contributed by atoms with Crippen molar-refractivity contribution in [2.75, 3.05) is 25.6 Å². The number of benzene rings is 2. The Morgan fingerprint density at radius 3 is 1.64 bits per heavy atom. The van der Waals surface area contributed by atoms with Gasteiger partial charge in [-0.15, -0.1) is 0 Å². The van der Waals surface area contributed by atoms with E-state index in [1.165, 1.54) is 64.6 Å². The second kappa shape index (κ2) is 23.2. The van der Waals surface area contributed by atoms with E-state index in [4.69, 9.17) is 23.8 Å². The molecule has 2 atom stereocenters. The van der Waals surface area contributed by atoms with Crippen molar-refractivity contribution in [2.45, 2.75) is 132 Å². The van der Waals surface area contributed by atoms with E-state index in [-0.39, 0.29) is 11.7 Å². The van der Waals surface area contributed by atoms with Gasteiger partial charge in [0, 0.05) is 18.2 Å². The van der Waals surface area contributed by atoms with Crippen molar-refractivity contribution in [3.63, 3.8) is 0 Å². The maximum Gasteiger partial charge on any atom is 0.460 e. The molecule has 9 nitrogen and oxygen atoms in total. The first-order chi connectivity index (χ1) is 31.8. The molecule has 0 saturated carbocycles. The minimum Gasteiger partial charge on any atom is -0.497 e. The molecular weight excluding hydrogens is 1010 g/mol. The van der Waals surface area contributed by atoms with Gasteiger partial charge in [-0.05, 0) is 90.3 Å². The number of amides is 2. The third kappa shape index (κ3) is 13.2. The summed E-state index contributed by atoms with van der Waals surface area (Å²) < 4.78 is 259. The predicted octanol–water partition coefficient (Wildman–Crippen LogP) is 14.0. The first-order valence-electron chi connectivity index (χ1n) is 20.8. The van der Waals surface area contributed by atoms with E-state index >= 15 is 8.78 Å². The summed E-state index contributed by atoms with van der Waals surface area (Å²) >= 11 is 0. The van der Waals surface area contributed by atoms with Crippen molar-refractivity contribution in [3.05, 3.63) is 77.9 Å². The van der Waals surface area contributed by atoms with Crippen molar-refractivity contribution in [1.29, 1.82) is 0 Å². The Kier molecular flexibility index (Phi) is 20.3. The lowest BCUT2D eigenvalue weighted by molar-refractivity contribution is -0.461. The van der Waals surface area contributed by atoms with Crippen LogP contribution in [0.1, 0.15) is 72.5 Å². The molecule has 2 aromatic rings. The van der Waals surface area contributed by atoms with E-state index in [0.717, 1.165) is 6.08 Å². The summed E-state index contributed by atoms with van der Waals surface area (Å²) in [5.74, 6) is -57.3. The van der Waals surface area contributed by atoms with Crippen LogP contribution in [0.4, 0.5) is 85.1 Å². The summed E-state index contributed by atoms with van der Waals surface area (Å²) in [5, 5.41) is 11.3. The third-order valence-corrected chi connectivity index (χ3v) is 16.9. The molecule has 0 unspecified atom stereocenters. The number of hydrogen-bond acceptors (Lipinski definition) is 7. The topological polar surface area (TPSA) is 115 Å². The van der Waals surface area contributed by atoms with Crippen LogP contribution in [0.2, 0.25) is 17.1 Å². The third-order valence-electron chi connectivity index (χ3n) is 11.2. The Morgan fingerprint density at radius 2 is 1.17 bits per heavy atom. The summed E-state index contributed by atoms with van der Waals surface area (Å²) in [6.07, 6.45) is -6.74. The second-order valence-corrected chi connectivity index (χ2v) is 21.7. The maximum absolute atomic E-state index is 15.0. The molecule has 0 spiro atoms. The van der Waals surface area contributed by atoms with Gasteiger partial charge in [-0.25, -0.2) is 10.3 Å². The molecule has 3 N–H and O–H groups in total. The first kappa shape index (κ1) is 61.3. The van der Waals surface area contributed by atoms with Gasteiger partial charge in [0.25, 0.3) is 5.91 Å². The molecule has 0 bridgehead atoms. The molecular formula is C43H51F17N2O7Si. The number of carbonyl (C=O) groups excluding carboxylic acids is 2. The van der Waals surface area contributed by atoms with Crippen LogP contribution in [-0.2, 0) is 14.0 Å². The highest BCUT2D eigenvalue weighted by molar-refractivity contribution is 6.76. The number of ether oxygens (including phenoxy) is 3. The molecule has 0 heterocycles. The van der Waals surface area contributed by atoms with E-state index in [1.807, 2.05) is 0 Å². The Morgan fingerprint density at radius 1 is 0.686 bits per heavy atom. The lowest BCUT2D eigenvalue weighted by Crippen LogP contribution is -2.74. The molecule has 70 heavy (non-hydrogen) atoms. The Labute approximate surface area is 391 Å². The van der Waals surface area contributed by atoms with Gasteiger partial charge in [-0.1, -0.05) is 58.9 Å². The largest absolute Gasteiger partial charge is 0.497 e. The summed E-state index contributed by atoms with van der Waals surface area (Å²) in [6.45, 7) is 7.72. The summed E-state index contributed by atoms with van der Waals surface area (Å²) in [4.78, 5) is 24.4. The van der Waals surface area contributed by atoms with Gasteiger partial charge in [-0.2, -0.15) is 74.6 Å². The Balaban J connectivity index is 2.30. The maximum atomic E-state index is 15.0.